The van der Waals surface area contributed by atoms with Crippen molar-refractivity contribution in [2.45, 2.75) is 45.6 Å². The highest BCUT2D eigenvalue weighted by Crippen LogP contribution is 2.28. The fourth-order valence-electron chi connectivity index (χ4n) is 3.09. The summed E-state index contributed by atoms with van der Waals surface area (Å²) in [5.74, 6) is 0.0480. The van der Waals surface area contributed by atoms with Gasteiger partial charge < -0.3 is 14.6 Å². The molecule has 1 fully saturated rings. The van der Waals surface area contributed by atoms with Gasteiger partial charge in [0, 0.05) is 17.4 Å². The van der Waals surface area contributed by atoms with E-state index in [2.05, 4.69) is 44.0 Å². The van der Waals surface area contributed by atoms with E-state index in [0.717, 1.165) is 10.9 Å². The first kappa shape index (κ1) is 16.1. The van der Waals surface area contributed by atoms with Crippen LogP contribution in [0.1, 0.15) is 50.7 Å². The quantitative estimate of drug-likeness (QED) is 0.872. The lowest BCUT2D eigenvalue weighted by Crippen LogP contribution is -2.55. The number of fused-ring (bicyclic) bond motifs is 1. The van der Waals surface area contributed by atoms with Gasteiger partial charge in [0.1, 0.15) is 5.69 Å². The van der Waals surface area contributed by atoms with Crippen LogP contribution in [0.2, 0.25) is 0 Å². The Morgan fingerprint density at radius 1 is 1.26 bits per heavy atom. The van der Waals surface area contributed by atoms with Crippen LogP contribution in [0.4, 0.5) is 0 Å². The van der Waals surface area contributed by atoms with Gasteiger partial charge in [0.15, 0.2) is 0 Å². The summed E-state index contributed by atoms with van der Waals surface area (Å²) in [6.07, 6.45) is 0. The van der Waals surface area contributed by atoms with Crippen LogP contribution in [-0.4, -0.2) is 41.1 Å². The van der Waals surface area contributed by atoms with Crippen molar-refractivity contribution in [3.63, 3.8) is 0 Å². The zero-order chi connectivity index (χ0) is 16.8. The molecule has 2 aromatic rings. The molecular weight excluding hydrogens is 288 g/mol. The van der Waals surface area contributed by atoms with Crippen LogP contribution < -0.4 is 0 Å². The summed E-state index contributed by atoms with van der Waals surface area (Å²) in [6.45, 7) is 12.5. The molecule has 1 aliphatic rings. The van der Waals surface area contributed by atoms with Crippen LogP contribution in [0.3, 0.4) is 0 Å². The fraction of sp³-hybridized carbons (Fsp3) is 0.526. The molecule has 0 spiro atoms. The van der Waals surface area contributed by atoms with Gasteiger partial charge in [-0.3, -0.25) is 4.79 Å². The average molecular weight is 314 g/mol. The number of H-pyrrole nitrogens is 1. The largest absolute Gasteiger partial charge is 0.377 e. The number of hydrogen-bond donors (Lipinski definition) is 1. The minimum atomic E-state index is -0.275. The van der Waals surface area contributed by atoms with E-state index in [0.29, 0.717) is 25.5 Å². The van der Waals surface area contributed by atoms with Crippen LogP contribution in [-0.2, 0) is 10.2 Å². The van der Waals surface area contributed by atoms with Crippen LogP contribution in [0.15, 0.2) is 24.3 Å². The molecule has 1 amide bonds. The summed E-state index contributed by atoms with van der Waals surface area (Å²) < 4.78 is 5.51. The lowest BCUT2D eigenvalue weighted by atomic mass is 9.87. The Labute approximate surface area is 137 Å². The zero-order valence-electron chi connectivity index (χ0n) is 14.7. The van der Waals surface area contributed by atoms with Crippen molar-refractivity contribution in [1.29, 1.82) is 0 Å². The number of carbonyl (C=O) groups is 1. The topological polar surface area (TPSA) is 45.3 Å². The second-order valence-electron chi connectivity index (χ2n) is 8.06. The van der Waals surface area contributed by atoms with E-state index in [9.17, 15) is 4.79 Å². The number of nitrogens with zero attached hydrogens (tertiary/aromatic N) is 1. The number of nitrogens with one attached hydrogen (secondary N) is 1. The van der Waals surface area contributed by atoms with Gasteiger partial charge in [0.2, 0.25) is 0 Å². The smallest absolute Gasteiger partial charge is 0.270 e. The molecule has 4 nitrogen and oxygen atoms in total. The van der Waals surface area contributed by atoms with Gasteiger partial charge >= 0.3 is 0 Å². The number of carbonyl (C=O) groups excluding carboxylic acids is 1. The lowest BCUT2D eigenvalue weighted by Gasteiger charge is -2.41. The monoisotopic (exact) mass is 314 g/mol. The van der Waals surface area contributed by atoms with Crippen molar-refractivity contribution in [3.8, 4) is 0 Å². The third-order valence-corrected chi connectivity index (χ3v) is 4.61. The number of aromatic nitrogens is 1. The summed E-state index contributed by atoms with van der Waals surface area (Å²) >= 11 is 0. The minimum Gasteiger partial charge on any atom is -0.377 e. The van der Waals surface area contributed by atoms with Gasteiger partial charge in [-0.05, 0) is 37.0 Å². The normalized spacial score (nSPS) is 18.4. The Hall–Kier alpha value is -1.81. The van der Waals surface area contributed by atoms with E-state index in [-0.39, 0.29) is 16.9 Å². The molecule has 2 heterocycles. The van der Waals surface area contributed by atoms with Gasteiger partial charge in [-0.1, -0.05) is 32.9 Å². The molecule has 1 N–H and O–H groups in total. The maximum atomic E-state index is 12.9. The average Bonchev–Trinajstić information content (AvgIpc) is 2.88. The van der Waals surface area contributed by atoms with Gasteiger partial charge in [-0.25, -0.2) is 0 Å². The molecule has 124 valence electrons. The SMILES string of the molecule is CC(C)(C)c1ccc2cc(C(=O)N3CCOCC3(C)C)[nH]c2c1. The number of hydrogen-bond acceptors (Lipinski definition) is 2. The molecule has 23 heavy (non-hydrogen) atoms. The standard InChI is InChI=1S/C19H26N2O2/c1-18(2,3)14-7-6-13-10-16(20-15(13)11-14)17(22)21-8-9-23-12-19(21,4)5/h6-7,10-11,20H,8-9,12H2,1-5H3. The maximum Gasteiger partial charge on any atom is 0.270 e. The fourth-order valence-corrected chi connectivity index (χ4v) is 3.09. The molecule has 1 aliphatic heterocycles. The first-order valence-electron chi connectivity index (χ1n) is 8.21. The molecule has 0 radical (unpaired) electrons. The summed E-state index contributed by atoms with van der Waals surface area (Å²) in [4.78, 5) is 18.1. The summed E-state index contributed by atoms with van der Waals surface area (Å²) in [6, 6.07) is 8.34. The van der Waals surface area contributed by atoms with E-state index in [1.54, 1.807) is 0 Å². The first-order valence-corrected chi connectivity index (χ1v) is 8.21. The van der Waals surface area contributed by atoms with Crippen molar-refractivity contribution < 1.29 is 9.53 Å². The van der Waals surface area contributed by atoms with E-state index in [4.69, 9.17) is 4.74 Å². The second-order valence-corrected chi connectivity index (χ2v) is 8.06. The number of rotatable bonds is 1. The number of benzene rings is 1. The van der Waals surface area contributed by atoms with E-state index < -0.39 is 0 Å². The molecule has 1 aromatic carbocycles. The van der Waals surface area contributed by atoms with Crippen LogP contribution in [0.25, 0.3) is 10.9 Å². The number of ether oxygens (including phenoxy) is 1. The highest BCUT2D eigenvalue weighted by Gasteiger charge is 2.35. The van der Waals surface area contributed by atoms with Crippen LogP contribution in [0.5, 0.6) is 0 Å². The van der Waals surface area contributed by atoms with Crippen molar-refractivity contribution in [2.24, 2.45) is 0 Å². The predicted octanol–water partition coefficient (Wildman–Crippen LogP) is 3.72. The molecule has 0 unspecified atom stereocenters. The highest BCUT2D eigenvalue weighted by molar-refractivity contribution is 5.98. The van der Waals surface area contributed by atoms with Gasteiger partial charge in [0.25, 0.3) is 5.91 Å². The Morgan fingerprint density at radius 2 is 2.00 bits per heavy atom. The van der Waals surface area contributed by atoms with Crippen LogP contribution in [0, 0.1) is 0 Å². The Morgan fingerprint density at radius 3 is 2.65 bits per heavy atom. The molecule has 0 aliphatic carbocycles. The summed E-state index contributed by atoms with van der Waals surface area (Å²) in [7, 11) is 0. The van der Waals surface area contributed by atoms with E-state index in [1.165, 1.54) is 5.56 Å². The van der Waals surface area contributed by atoms with Crippen molar-refractivity contribution >= 4 is 16.8 Å². The number of aromatic amines is 1. The van der Waals surface area contributed by atoms with Gasteiger partial charge in [0.05, 0.1) is 18.8 Å². The predicted molar refractivity (Wildman–Crippen MR) is 92.9 cm³/mol. The molecule has 0 atom stereocenters. The minimum absolute atomic E-state index is 0.0480. The molecule has 1 aromatic heterocycles. The number of amides is 1. The molecule has 0 saturated carbocycles. The molecular formula is C19H26N2O2. The molecule has 1 saturated heterocycles. The Kier molecular flexibility index (Phi) is 3.75. The zero-order valence-corrected chi connectivity index (χ0v) is 14.7. The van der Waals surface area contributed by atoms with E-state index >= 15 is 0 Å². The Bertz CT molecular complexity index is 737. The first-order chi connectivity index (χ1) is 10.7. The van der Waals surface area contributed by atoms with E-state index in [1.807, 2.05) is 24.8 Å². The Balaban J connectivity index is 1.95. The molecule has 3 rings (SSSR count). The van der Waals surface area contributed by atoms with Crippen molar-refractivity contribution in [2.75, 3.05) is 19.8 Å². The van der Waals surface area contributed by atoms with Crippen molar-refractivity contribution in [1.82, 2.24) is 9.88 Å². The highest BCUT2D eigenvalue weighted by atomic mass is 16.5. The number of morpholine rings is 1. The molecule has 4 heteroatoms. The molecule has 0 bridgehead atoms. The second kappa shape index (κ2) is 5.38. The third kappa shape index (κ3) is 3.00. The lowest BCUT2D eigenvalue weighted by molar-refractivity contribution is -0.0372. The van der Waals surface area contributed by atoms with Crippen molar-refractivity contribution in [3.05, 3.63) is 35.5 Å². The summed E-state index contributed by atoms with van der Waals surface area (Å²) in [5, 5.41) is 1.08. The van der Waals surface area contributed by atoms with Gasteiger partial charge in [-0.15, -0.1) is 0 Å². The summed E-state index contributed by atoms with van der Waals surface area (Å²) in [5.41, 5.74) is 2.75. The third-order valence-electron chi connectivity index (χ3n) is 4.61. The maximum absolute atomic E-state index is 12.9. The van der Waals surface area contributed by atoms with Gasteiger partial charge in [-0.2, -0.15) is 0 Å². The van der Waals surface area contributed by atoms with Crippen LogP contribution >= 0.6 is 0 Å².